The maximum atomic E-state index is 12.6. The average molecular weight is 427 g/mol. The van der Waals surface area contributed by atoms with Crippen molar-refractivity contribution in [1.82, 2.24) is 9.21 Å². The number of hydrogen-bond donors (Lipinski definition) is 0. The van der Waals surface area contributed by atoms with Gasteiger partial charge in [0.1, 0.15) is 0 Å². The van der Waals surface area contributed by atoms with Crippen LogP contribution in [0.4, 0.5) is 5.69 Å². The van der Waals surface area contributed by atoms with Crippen molar-refractivity contribution >= 4 is 21.6 Å². The minimum absolute atomic E-state index is 0.105. The highest BCUT2D eigenvalue weighted by Crippen LogP contribution is 2.32. The maximum absolute atomic E-state index is 12.6. The molecule has 2 aliphatic rings. The SMILES string of the molecule is C[C@@H]1CN(C(=O)COc2ccc(S(=O)(=O)N3CCCC3)cc2[N+](=O)[O-])C[C@@H](C)O1. The summed E-state index contributed by atoms with van der Waals surface area (Å²) < 4.78 is 37.6. The van der Waals surface area contributed by atoms with Crippen molar-refractivity contribution in [2.45, 2.75) is 43.8 Å². The van der Waals surface area contributed by atoms with Gasteiger partial charge in [-0.2, -0.15) is 4.31 Å². The molecule has 1 amide bonds. The first-order valence-electron chi connectivity index (χ1n) is 9.53. The van der Waals surface area contributed by atoms with E-state index < -0.39 is 20.6 Å². The molecule has 0 saturated carbocycles. The topological polar surface area (TPSA) is 119 Å². The molecule has 0 radical (unpaired) electrons. The Morgan fingerprint density at radius 1 is 1.24 bits per heavy atom. The van der Waals surface area contributed by atoms with Crippen molar-refractivity contribution in [2.75, 3.05) is 32.8 Å². The van der Waals surface area contributed by atoms with E-state index in [0.29, 0.717) is 26.2 Å². The molecule has 0 bridgehead atoms. The van der Waals surface area contributed by atoms with E-state index in [-0.39, 0.29) is 35.4 Å². The number of hydrogen-bond acceptors (Lipinski definition) is 7. The van der Waals surface area contributed by atoms with Gasteiger partial charge in [0.05, 0.1) is 22.0 Å². The highest BCUT2D eigenvalue weighted by atomic mass is 32.2. The minimum atomic E-state index is -3.79. The molecule has 0 aromatic heterocycles. The molecule has 29 heavy (non-hydrogen) atoms. The maximum Gasteiger partial charge on any atom is 0.312 e. The van der Waals surface area contributed by atoms with Gasteiger partial charge in [0.25, 0.3) is 5.91 Å². The Kier molecular flexibility index (Phi) is 6.39. The second-order valence-corrected chi connectivity index (χ2v) is 9.28. The molecule has 3 rings (SSSR count). The van der Waals surface area contributed by atoms with Crippen LogP contribution in [0, 0.1) is 10.1 Å². The van der Waals surface area contributed by atoms with Crippen LogP contribution in [0.5, 0.6) is 5.75 Å². The van der Waals surface area contributed by atoms with Gasteiger partial charge in [-0.05, 0) is 38.8 Å². The summed E-state index contributed by atoms with van der Waals surface area (Å²) in [5.74, 6) is -0.451. The van der Waals surface area contributed by atoms with E-state index in [4.69, 9.17) is 9.47 Å². The van der Waals surface area contributed by atoms with E-state index in [2.05, 4.69) is 0 Å². The number of ether oxygens (including phenoxy) is 2. The third kappa shape index (κ3) is 4.85. The molecule has 11 heteroatoms. The fraction of sp³-hybridized carbons (Fsp3) is 0.611. The predicted octanol–water partition coefficient (Wildman–Crippen LogP) is 1.39. The second kappa shape index (κ2) is 8.64. The largest absolute Gasteiger partial charge is 0.477 e. The van der Waals surface area contributed by atoms with Crippen molar-refractivity contribution in [3.8, 4) is 5.75 Å². The van der Waals surface area contributed by atoms with Gasteiger partial charge in [0.15, 0.2) is 12.4 Å². The lowest BCUT2D eigenvalue weighted by Gasteiger charge is -2.35. The molecule has 1 aromatic carbocycles. The normalized spacial score (nSPS) is 23.2. The molecular formula is C18H25N3O7S. The zero-order chi connectivity index (χ0) is 21.2. The Morgan fingerprint density at radius 2 is 1.86 bits per heavy atom. The summed E-state index contributed by atoms with van der Waals surface area (Å²) in [6.07, 6.45) is 1.33. The van der Waals surface area contributed by atoms with E-state index in [1.165, 1.54) is 16.4 Å². The predicted molar refractivity (Wildman–Crippen MR) is 103 cm³/mol. The van der Waals surface area contributed by atoms with Gasteiger partial charge in [-0.25, -0.2) is 8.42 Å². The Morgan fingerprint density at radius 3 is 2.45 bits per heavy atom. The Balaban J connectivity index is 1.74. The van der Waals surface area contributed by atoms with Crippen LogP contribution in [0.2, 0.25) is 0 Å². The molecule has 2 heterocycles. The number of amides is 1. The Hall–Kier alpha value is -2.24. The number of benzene rings is 1. The second-order valence-electron chi connectivity index (χ2n) is 7.34. The van der Waals surface area contributed by atoms with Crippen molar-refractivity contribution in [3.05, 3.63) is 28.3 Å². The van der Waals surface area contributed by atoms with Crippen LogP contribution in [0.3, 0.4) is 0 Å². The lowest BCUT2D eigenvalue weighted by molar-refractivity contribution is -0.386. The first-order valence-corrected chi connectivity index (χ1v) is 11.0. The zero-order valence-electron chi connectivity index (χ0n) is 16.4. The average Bonchev–Trinajstić information content (AvgIpc) is 3.20. The van der Waals surface area contributed by atoms with Gasteiger partial charge in [0.2, 0.25) is 10.0 Å². The summed E-state index contributed by atoms with van der Waals surface area (Å²) in [6, 6.07) is 3.50. The number of morpholine rings is 1. The highest BCUT2D eigenvalue weighted by Gasteiger charge is 2.31. The molecule has 2 aliphatic heterocycles. The Labute approximate surface area is 169 Å². The summed E-state index contributed by atoms with van der Waals surface area (Å²) in [5, 5.41) is 11.5. The van der Waals surface area contributed by atoms with Gasteiger partial charge in [0, 0.05) is 32.2 Å². The van der Waals surface area contributed by atoms with E-state index in [1.54, 1.807) is 4.90 Å². The third-order valence-electron chi connectivity index (χ3n) is 4.95. The standard InChI is InChI=1S/C18H25N3O7S/c1-13-10-19(11-14(2)28-13)18(22)12-27-17-6-5-15(9-16(17)21(23)24)29(25,26)20-7-3-4-8-20/h5-6,9,13-14H,3-4,7-8,10-12H2,1-2H3/t13-,14-/m1/s1. The summed E-state index contributed by atoms with van der Waals surface area (Å²) >= 11 is 0. The van der Waals surface area contributed by atoms with Gasteiger partial charge in [-0.15, -0.1) is 0 Å². The lowest BCUT2D eigenvalue weighted by atomic mass is 10.2. The number of carbonyl (C=O) groups excluding carboxylic acids is 1. The number of carbonyl (C=O) groups is 1. The number of nitro benzene ring substituents is 1. The van der Waals surface area contributed by atoms with Crippen molar-refractivity contribution < 1.29 is 27.6 Å². The molecular weight excluding hydrogens is 402 g/mol. The first-order chi connectivity index (χ1) is 13.7. The van der Waals surface area contributed by atoms with Gasteiger partial charge in [-0.1, -0.05) is 0 Å². The van der Waals surface area contributed by atoms with E-state index in [1.807, 2.05) is 13.8 Å². The molecule has 2 atom stereocenters. The van der Waals surface area contributed by atoms with Crippen LogP contribution >= 0.6 is 0 Å². The number of sulfonamides is 1. The lowest BCUT2D eigenvalue weighted by Crippen LogP contribution is -2.49. The smallest absolute Gasteiger partial charge is 0.312 e. The summed E-state index contributed by atoms with van der Waals surface area (Å²) in [4.78, 5) is 24.6. The molecule has 0 N–H and O–H groups in total. The molecule has 10 nitrogen and oxygen atoms in total. The number of nitro groups is 1. The Bertz CT molecular complexity index is 873. The molecule has 0 unspecified atom stereocenters. The summed E-state index contributed by atoms with van der Waals surface area (Å²) in [7, 11) is -3.79. The van der Waals surface area contributed by atoms with Crippen LogP contribution in [-0.4, -0.2) is 73.4 Å². The fourth-order valence-corrected chi connectivity index (χ4v) is 5.15. The monoisotopic (exact) mass is 427 g/mol. The number of nitrogens with zero attached hydrogens (tertiary/aromatic N) is 3. The van der Waals surface area contributed by atoms with Crippen molar-refractivity contribution in [1.29, 1.82) is 0 Å². The molecule has 160 valence electrons. The summed E-state index contributed by atoms with van der Waals surface area (Å²) in [5.41, 5.74) is -0.484. The molecule has 1 aromatic rings. The molecule has 0 aliphatic carbocycles. The van der Waals surface area contributed by atoms with Crippen molar-refractivity contribution in [2.24, 2.45) is 0 Å². The molecule has 2 saturated heterocycles. The number of rotatable bonds is 6. The first kappa shape index (κ1) is 21.5. The van der Waals surface area contributed by atoms with Crippen LogP contribution in [0.15, 0.2) is 23.1 Å². The van der Waals surface area contributed by atoms with E-state index >= 15 is 0 Å². The quantitative estimate of drug-likeness (QED) is 0.497. The zero-order valence-corrected chi connectivity index (χ0v) is 17.3. The van der Waals surface area contributed by atoms with E-state index in [0.717, 1.165) is 18.9 Å². The molecule has 2 fully saturated rings. The van der Waals surface area contributed by atoms with Crippen LogP contribution < -0.4 is 4.74 Å². The molecule has 0 spiro atoms. The van der Waals surface area contributed by atoms with Gasteiger partial charge in [-0.3, -0.25) is 14.9 Å². The highest BCUT2D eigenvalue weighted by molar-refractivity contribution is 7.89. The fourth-order valence-electron chi connectivity index (χ4n) is 3.61. The van der Waals surface area contributed by atoms with Gasteiger partial charge < -0.3 is 14.4 Å². The van der Waals surface area contributed by atoms with Gasteiger partial charge >= 0.3 is 5.69 Å². The van der Waals surface area contributed by atoms with Crippen LogP contribution in [0.25, 0.3) is 0 Å². The minimum Gasteiger partial charge on any atom is -0.477 e. The van der Waals surface area contributed by atoms with Crippen LogP contribution in [0.1, 0.15) is 26.7 Å². The van der Waals surface area contributed by atoms with E-state index in [9.17, 15) is 23.3 Å². The van der Waals surface area contributed by atoms with Crippen LogP contribution in [-0.2, 0) is 19.6 Å². The summed E-state index contributed by atoms with van der Waals surface area (Å²) in [6.45, 7) is 4.99. The van der Waals surface area contributed by atoms with Crippen molar-refractivity contribution in [3.63, 3.8) is 0 Å². The third-order valence-corrected chi connectivity index (χ3v) is 6.85.